The third kappa shape index (κ3) is 4.10. The second kappa shape index (κ2) is 7.31. The molecule has 104 valence electrons. The van der Waals surface area contributed by atoms with E-state index in [4.69, 9.17) is 4.74 Å². The molecule has 0 saturated heterocycles. The van der Waals surface area contributed by atoms with Crippen LogP contribution in [0, 0.1) is 0 Å². The molecule has 0 bridgehead atoms. The number of anilines is 1. The first kappa shape index (κ1) is 14.1. The molecule has 20 heavy (non-hydrogen) atoms. The van der Waals surface area contributed by atoms with Crippen LogP contribution < -0.4 is 15.4 Å². The van der Waals surface area contributed by atoms with Gasteiger partial charge in [-0.1, -0.05) is 42.5 Å². The summed E-state index contributed by atoms with van der Waals surface area (Å²) in [5.74, 6) is 0.573. The second-order valence-corrected chi connectivity index (χ2v) is 4.35. The lowest BCUT2D eigenvalue weighted by atomic mass is 10.2. The maximum atomic E-state index is 11.6. The van der Waals surface area contributed by atoms with Crippen molar-refractivity contribution in [1.82, 2.24) is 5.32 Å². The predicted octanol–water partition coefficient (Wildman–Crippen LogP) is 2.42. The Balaban J connectivity index is 2.02. The molecule has 0 saturated carbocycles. The Hall–Kier alpha value is -2.33. The zero-order valence-electron chi connectivity index (χ0n) is 11.4. The molecular formula is C16H18N2O2. The fourth-order valence-electron chi connectivity index (χ4n) is 1.79. The molecule has 0 fully saturated rings. The number of rotatable bonds is 6. The van der Waals surface area contributed by atoms with Crippen molar-refractivity contribution in [2.45, 2.75) is 6.61 Å². The lowest BCUT2D eigenvalue weighted by Gasteiger charge is -2.12. The molecule has 0 aliphatic heterocycles. The van der Waals surface area contributed by atoms with Crippen molar-refractivity contribution in [3.63, 3.8) is 0 Å². The number of hydrogen-bond donors (Lipinski definition) is 2. The van der Waals surface area contributed by atoms with Crippen molar-refractivity contribution in [3.8, 4) is 5.75 Å². The zero-order chi connectivity index (χ0) is 14.2. The minimum Gasteiger partial charge on any atom is -0.487 e. The Morgan fingerprint density at radius 1 is 1.05 bits per heavy atom. The number of para-hydroxylation sites is 2. The number of amides is 1. The molecule has 2 aromatic carbocycles. The molecule has 0 heterocycles. The summed E-state index contributed by atoms with van der Waals surface area (Å²) in [6.07, 6.45) is 0. The predicted molar refractivity (Wildman–Crippen MR) is 79.8 cm³/mol. The Labute approximate surface area is 118 Å². The molecule has 0 radical (unpaired) electrons. The summed E-state index contributed by atoms with van der Waals surface area (Å²) < 4.78 is 5.77. The fourth-order valence-corrected chi connectivity index (χ4v) is 1.79. The van der Waals surface area contributed by atoms with Crippen LogP contribution in [0.15, 0.2) is 54.6 Å². The van der Waals surface area contributed by atoms with Crippen LogP contribution in [-0.4, -0.2) is 19.5 Å². The van der Waals surface area contributed by atoms with Gasteiger partial charge in [0.05, 0.1) is 12.2 Å². The van der Waals surface area contributed by atoms with Crippen molar-refractivity contribution in [1.29, 1.82) is 0 Å². The van der Waals surface area contributed by atoms with Crippen LogP contribution in [0.5, 0.6) is 5.75 Å². The number of carbonyl (C=O) groups is 1. The number of hydrogen-bond acceptors (Lipinski definition) is 3. The summed E-state index contributed by atoms with van der Waals surface area (Å²) in [5.41, 5.74) is 1.77. The largest absolute Gasteiger partial charge is 0.487 e. The molecule has 0 aliphatic rings. The lowest BCUT2D eigenvalue weighted by Crippen LogP contribution is -2.25. The van der Waals surface area contributed by atoms with Gasteiger partial charge in [-0.2, -0.15) is 0 Å². The Kier molecular flexibility index (Phi) is 5.15. The van der Waals surface area contributed by atoms with Crippen molar-refractivity contribution in [2.24, 2.45) is 0 Å². The summed E-state index contributed by atoms with van der Waals surface area (Å²) in [6.45, 7) is 0.743. The molecule has 4 nitrogen and oxygen atoms in total. The minimum atomic E-state index is -0.0942. The molecule has 0 spiro atoms. The van der Waals surface area contributed by atoms with Crippen molar-refractivity contribution in [3.05, 3.63) is 60.2 Å². The van der Waals surface area contributed by atoms with Crippen LogP contribution in [0.4, 0.5) is 5.69 Å². The zero-order valence-corrected chi connectivity index (χ0v) is 11.4. The highest BCUT2D eigenvalue weighted by molar-refractivity contribution is 5.93. The van der Waals surface area contributed by atoms with E-state index in [9.17, 15) is 4.79 Å². The van der Waals surface area contributed by atoms with E-state index in [1.807, 2.05) is 54.6 Å². The average Bonchev–Trinajstić information content (AvgIpc) is 2.48. The van der Waals surface area contributed by atoms with E-state index < -0.39 is 0 Å². The summed E-state index contributed by atoms with van der Waals surface area (Å²) in [7, 11) is 1.73. The van der Waals surface area contributed by atoms with Crippen molar-refractivity contribution in [2.75, 3.05) is 18.9 Å². The van der Waals surface area contributed by atoms with Gasteiger partial charge in [0.2, 0.25) is 5.91 Å². The van der Waals surface area contributed by atoms with E-state index >= 15 is 0 Å². The molecule has 0 atom stereocenters. The van der Waals surface area contributed by atoms with Gasteiger partial charge in [0, 0.05) is 0 Å². The highest BCUT2D eigenvalue weighted by Gasteiger charge is 2.06. The number of ether oxygens (including phenoxy) is 1. The lowest BCUT2D eigenvalue weighted by molar-refractivity contribution is -0.115. The van der Waals surface area contributed by atoms with Gasteiger partial charge in [-0.25, -0.2) is 0 Å². The van der Waals surface area contributed by atoms with E-state index in [1.54, 1.807) is 7.05 Å². The normalized spacial score (nSPS) is 10.1. The Morgan fingerprint density at radius 3 is 2.50 bits per heavy atom. The molecule has 0 aromatic heterocycles. The van der Waals surface area contributed by atoms with Gasteiger partial charge < -0.3 is 15.4 Å². The van der Waals surface area contributed by atoms with E-state index in [0.29, 0.717) is 18.0 Å². The SMILES string of the molecule is CNCC(=O)Nc1ccccc1OCc1ccccc1. The van der Waals surface area contributed by atoms with Crippen LogP contribution in [0.25, 0.3) is 0 Å². The first-order chi connectivity index (χ1) is 9.79. The van der Waals surface area contributed by atoms with Crippen LogP contribution >= 0.6 is 0 Å². The third-order valence-corrected chi connectivity index (χ3v) is 2.74. The fraction of sp³-hybridized carbons (Fsp3) is 0.188. The highest BCUT2D eigenvalue weighted by atomic mass is 16.5. The van der Waals surface area contributed by atoms with Crippen LogP contribution in [0.1, 0.15) is 5.56 Å². The van der Waals surface area contributed by atoms with Gasteiger partial charge in [-0.05, 0) is 24.7 Å². The summed E-state index contributed by atoms with van der Waals surface area (Å²) in [5, 5.41) is 5.63. The van der Waals surface area contributed by atoms with E-state index in [1.165, 1.54) is 0 Å². The van der Waals surface area contributed by atoms with Gasteiger partial charge in [0.1, 0.15) is 12.4 Å². The standard InChI is InChI=1S/C16H18N2O2/c1-17-11-16(19)18-14-9-5-6-10-15(14)20-12-13-7-3-2-4-8-13/h2-10,17H,11-12H2,1H3,(H,18,19). The topological polar surface area (TPSA) is 50.4 Å². The Morgan fingerprint density at radius 2 is 1.75 bits per heavy atom. The van der Waals surface area contributed by atoms with Gasteiger partial charge in [0.15, 0.2) is 0 Å². The highest BCUT2D eigenvalue weighted by Crippen LogP contribution is 2.24. The van der Waals surface area contributed by atoms with Gasteiger partial charge in [-0.3, -0.25) is 4.79 Å². The van der Waals surface area contributed by atoms with Gasteiger partial charge in [0.25, 0.3) is 0 Å². The van der Waals surface area contributed by atoms with Gasteiger partial charge >= 0.3 is 0 Å². The van der Waals surface area contributed by atoms with E-state index in [2.05, 4.69) is 10.6 Å². The first-order valence-corrected chi connectivity index (χ1v) is 6.50. The summed E-state index contributed by atoms with van der Waals surface area (Å²) >= 11 is 0. The van der Waals surface area contributed by atoms with E-state index in [-0.39, 0.29) is 12.5 Å². The van der Waals surface area contributed by atoms with Crippen molar-refractivity contribution < 1.29 is 9.53 Å². The van der Waals surface area contributed by atoms with E-state index in [0.717, 1.165) is 5.56 Å². The van der Waals surface area contributed by atoms with Crippen LogP contribution in [0.2, 0.25) is 0 Å². The summed E-state index contributed by atoms with van der Waals surface area (Å²) in [4.78, 5) is 11.6. The molecule has 2 aromatic rings. The van der Waals surface area contributed by atoms with Crippen LogP contribution in [0.3, 0.4) is 0 Å². The quantitative estimate of drug-likeness (QED) is 0.847. The summed E-state index contributed by atoms with van der Waals surface area (Å²) in [6, 6.07) is 17.3. The first-order valence-electron chi connectivity index (χ1n) is 6.50. The molecule has 0 unspecified atom stereocenters. The maximum absolute atomic E-state index is 11.6. The van der Waals surface area contributed by atoms with Crippen molar-refractivity contribution >= 4 is 11.6 Å². The number of carbonyl (C=O) groups excluding carboxylic acids is 1. The second-order valence-electron chi connectivity index (χ2n) is 4.35. The number of benzene rings is 2. The monoisotopic (exact) mass is 270 g/mol. The number of likely N-dealkylation sites (N-methyl/N-ethyl adjacent to an activating group) is 1. The molecule has 2 N–H and O–H groups in total. The molecule has 2 rings (SSSR count). The molecule has 4 heteroatoms. The number of nitrogens with one attached hydrogen (secondary N) is 2. The molecule has 0 aliphatic carbocycles. The maximum Gasteiger partial charge on any atom is 0.238 e. The van der Waals surface area contributed by atoms with Gasteiger partial charge in [-0.15, -0.1) is 0 Å². The third-order valence-electron chi connectivity index (χ3n) is 2.74. The Bertz CT molecular complexity index is 555. The smallest absolute Gasteiger partial charge is 0.238 e. The molecule has 1 amide bonds. The molecular weight excluding hydrogens is 252 g/mol. The average molecular weight is 270 g/mol. The minimum absolute atomic E-state index is 0.0942. The van der Waals surface area contributed by atoms with Crippen LogP contribution in [-0.2, 0) is 11.4 Å².